The first-order chi connectivity index (χ1) is 8.29. The van der Waals surface area contributed by atoms with Crippen LogP contribution in [0.25, 0.3) is 0 Å². The fourth-order valence-electron chi connectivity index (χ4n) is 1.53. The molecule has 0 aliphatic heterocycles. The third kappa shape index (κ3) is 3.10. The zero-order valence-corrected chi connectivity index (χ0v) is 9.40. The van der Waals surface area contributed by atoms with Gasteiger partial charge in [-0.25, -0.2) is 4.39 Å². The Labute approximate surface area is 98.6 Å². The summed E-state index contributed by atoms with van der Waals surface area (Å²) in [5.74, 6) is 0.804. The minimum atomic E-state index is -0.255. The van der Waals surface area contributed by atoms with E-state index in [9.17, 15) is 4.39 Å². The van der Waals surface area contributed by atoms with E-state index >= 15 is 0 Å². The molecule has 5 heteroatoms. The minimum absolute atomic E-state index is 0.255. The van der Waals surface area contributed by atoms with Crippen molar-refractivity contribution in [1.29, 1.82) is 0 Å². The van der Waals surface area contributed by atoms with Gasteiger partial charge in [0, 0.05) is 6.42 Å². The number of aromatic nitrogens is 2. The van der Waals surface area contributed by atoms with Crippen LogP contribution in [0.5, 0.6) is 0 Å². The average Bonchev–Trinajstić information content (AvgIpc) is 2.77. The van der Waals surface area contributed by atoms with Crippen molar-refractivity contribution >= 4 is 0 Å². The number of hydrogen-bond acceptors (Lipinski definition) is 4. The van der Waals surface area contributed by atoms with Gasteiger partial charge in [-0.1, -0.05) is 23.4 Å². The Morgan fingerprint density at radius 1 is 1.29 bits per heavy atom. The Bertz CT molecular complexity index is 484. The van der Waals surface area contributed by atoms with Crippen molar-refractivity contribution in [3.05, 3.63) is 47.4 Å². The molecule has 90 valence electrons. The fraction of sp³-hybridized carbons (Fsp3) is 0.333. The number of hydrogen-bond donors (Lipinski definition) is 1. The Morgan fingerprint density at radius 2 is 2.12 bits per heavy atom. The number of nitrogens with two attached hydrogens (primary N) is 1. The maximum atomic E-state index is 13.4. The molecule has 2 rings (SSSR count). The van der Waals surface area contributed by atoms with Crippen LogP contribution in [0.2, 0.25) is 0 Å². The molecule has 0 aliphatic rings. The normalized spacial score (nSPS) is 10.7. The highest BCUT2D eigenvalue weighted by Crippen LogP contribution is 2.12. The standard InChI is InChI=1S/C12H14FN3O/c13-10-5-2-1-4-9(10)8-12-15-11(16-17-12)6-3-7-14/h1-2,4-5H,3,6-8,14H2. The summed E-state index contributed by atoms with van der Waals surface area (Å²) in [6, 6.07) is 6.56. The predicted octanol–water partition coefficient (Wildman–Crippen LogP) is 1.69. The van der Waals surface area contributed by atoms with Gasteiger partial charge >= 0.3 is 0 Å². The first-order valence-electron chi connectivity index (χ1n) is 5.54. The summed E-state index contributed by atoms with van der Waals surface area (Å²) in [4.78, 5) is 4.18. The molecule has 2 aromatic rings. The number of nitrogens with zero attached hydrogens (tertiary/aromatic N) is 2. The molecule has 0 radical (unpaired) electrons. The van der Waals surface area contributed by atoms with E-state index in [-0.39, 0.29) is 5.82 Å². The summed E-state index contributed by atoms with van der Waals surface area (Å²) >= 11 is 0. The van der Waals surface area contributed by atoms with Crippen LogP contribution in [0.4, 0.5) is 4.39 Å². The van der Waals surface area contributed by atoms with E-state index < -0.39 is 0 Å². The van der Waals surface area contributed by atoms with Crippen molar-refractivity contribution in [3.8, 4) is 0 Å². The SMILES string of the molecule is NCCCc1noc(Cc2ccccc2F)n1. The Kier molecular flexibility index (Phi) is 3.82. The molecule has 0 unspecified atom stereocenters. The maximum absolute atomic E-state index is 13.4. The molecule has 0 amide bonds. The van der Waals surface area contributed by atoms with Crippen LogP contribution in [-0.2, 0) is 12.8 Å². The highest BCUT2D eigenvalue weighted by molar-refractivity contribution is 5.20. The van der Waals surface area contributed by atoms with Crippen molar-refractivity contribution in [2.75, 3.05) is 6.54 Å². The van der Waals surface area contributed by atoms with Crippen LogP contribution in [0.1, 0.15) is 23.7 Å². The molecule has 2 N–H and O–H groups in total. The Balaban J connectivity index is 2.04. The van der Waals surface area contributed by atoms with Crippen molar-refractivity contribution in [2.24, 2.45) is 5.73 Å². The van der Waals surface area contributed by atoms with Gasteiger partial charge in [-0.15, -0.1) is 0 Å². The van der Waals surface area contributed by atoms with Crippen LogP contribution < -0.4 is 5.73 Å². The third-order valence-corrected chi connectivity index (χ3v) is 2.41. The molecule has 0 fully saturated rings. The smallest absolute Gasteiger partial charge is 0.231 e. The zero-order chi connectivity index (χ0) is 12.1. The largest absolute Gasteiger partial charge is 0.339 e. The van der Waals surface area contributed by atoms with Crippen LogP contribution in [0, 0.1) is 5.82 Å². The first kappa shape index (κ1) is 11.7. The fourth-order valence-corrected chi connectivity index (χ4v) is 1.53. The lowest BCUT2D eigenvalue weighted by molar-refractivity contribution is 0.377. The van der Waals surface area contributed by atoms with Crippen LogP contribution in [0.3, 0.4) is 0 Å². The highest BCUT2D eigenvalue weighted by Gasteiger charge is 2.09. The summed E-state index contributed by atoms with van der Waals surface area (Å²) in [5.41, 5.74) is 5.95. The van der Waals surface area contributed by atoms with E-state index in [4.69, 9.17) is 10.3 Å². The number of aryl methyl sites for hydroxylation is 1. The quantitative estimate of drug-likeness (QED) is 0.856. The molecule has 0 spiro atoms. The molecule has 0 atom stereocenters. The van der Waals surface area contributed by atoms with Crippen LogP contribution in [-0.4, -0.2) is 16.7 Å². The van der Waals surface area contributed by atoms with Gasteiger partial charge in [0.1, 0.15) is 5.82 Å². The van der Waals surface area contributed by atoms with Crippen molar-refractivity contribution in [1.82, 2.24) is 10.1 Å². The molecule has 1 aromatic carbocycles. The van der Waals surface area contributed by atoms with Gasteiger partial charge < -0.3 is 10.3 Å². The monoisotopic (exact) mass is 235 g/mol. The number of halogens is 1. The average molecular weight is 235 g/mol. The number of benzene rings is 1. The van der Waals surface area contributed by atoms with E-state index in [2.05, 4.69) is 10.1 Å². The second-order valence-electron chi connectivity index (χ2n) is 3.76. The topological polar surface area (TPSA) is 64.9 Å². The van der Waals surface area contributed by atoms with Crippen molar-refractivity contribution in [2.45, 2.75) is 19.3 Å². The maximum Gasteiger partial charge on any atom is 0.231 e. The van der Waals surface area contributed by atoms with Gasteiger partial charge in [-0.05, 0) is 24.6 Å². The van der Waals surface area contributed by atoms with Gasteiger partial charge in [0.05, 0.1) is 6.42 Å². The second kappa shape index (κ2) is 5.54. The lowest BCUT2D eigenvalue weighted by Gasteiger charge is -1.97. The predicted molar refractivity (Wildman–Crippen MR) is 60.9 cm³/mol. The molecule has 0 saturated carbocycles. The molecule has 4 nitrogen and oxygen atoms in total. The molecule has 0 saturated heterocycles. The van der Waals surface area contributed by atoms with E-state index in [1.165, 1.54) is 6.07 Å². The van der Waals surface area contributed by atoms with Gasteiger partial charge in [-0.3, -0.25) is 0 Å². The van der Waals surface area contributed by atoms with Gasteiger partial charge in [0.15, 0.2) is 5.82 Å². The summed E-state index contributed by atoms with van der Waals surface area (Å²) in [6.07, 6.45) is 1.83. The molecule has 0 aliphatic carbocycles. The van der Waals surface area contributed by atoms with E-state index in [0.717, 1.165) is 6.42 Å². The van der Waals surface area contributed by atoms with Crippen molar-refractivity contribution in [3.63, 3.8) is 0 Å². The second-order valence-corrected chi connectivity index (χ2v) is 3.76. The van der Waals surface area contributed by atoms with Crippen LogP contribution in [0.15, 0.2) is 28.8 Å². The third-order valence-electron chi connectivity index (χ3n) is 2.41. The van der Waals surface area contributed by atoms with E-state index in [0.29, 0.717) is 36.7 Å². The minimum Gasteiger partial charge on any atom is -0.339 e. The summed E-state index contributed by atoms with van der Waals surface area (Å²) in [7, 11) is 0. The molecule has 1 aromatic heterocycles. The van der Waals surface area contributed by atoms with Gasteiger partial charge in [0.25, 0.3) is 0 Å². The van der Waals surface area contributed by atoms with E-state index in [1.807, 2.05) is 0 Å². The lowest BCUT2D eigenvalue weighted by atomic mass is 10.1. The Hall–Kier alpha value is -1.75. The molecule has 0 bridgehead atoms. The molecular weight excluding hydrogens is 221 g/mol. The molecule has 1 heterocycles. The summed E-state index contributed by atoms with van der Waals surface area (Å²) < 4.78 is 18.4. The van der Waals surface area contributed by atoms with Crippen molar-refractivity contribution < 1.29 is 8.91 Å². The van der Waals surface area contributed by atoms with Crippen LogP contribution >= 0.6 is 0 Å². The first-order valence-corrected chi connectivity index (χ1v) is 5.54. The molecular formula is C12H14FN3O. The summed E-state index contributed by atoms with van der Waals surface area (Å²) in [5, 5.41) is 3.82. The Morgan fingerprint density at radius 3 is 2.88 bits per heavy atom. The summed E-state index contributed by atoms with van der Waals surface area (Å²) in [6.45, 7) is 0.594. The lowest BCUT2D eigenvalue weighted by Crippen LogP contribution is -2.01. The molecule has 17 heavy (non-hydrogen) atoms. The van der Waals surface area contributed by atoms with Gasteiger partial charge in [-0.2, -0.15) is 4.98 Å². The number of rotatable bonds is 5. The zero-order valence-electron chi connectivity index (χ0n) is 9.40. The van der Waals surface area contributed by atoms with Gasteiger partial charge in [0.2, 0.25) is 5.89 Å². The highest BCUT2D eigenvalue weighted by atomic mass is 19.1. The van der Waals surface area contributed by atoms with E-state index in [1.54, 1.807) is 18.2 Å².